The lowest BCUT2D eigenvalue weighted by Gasteiger charge is -2.14. The Hall–Kier alpha value is -3.93. The van der Waals surface area contributed by atoms with E-state index in [4.69, 9.17) is 0 Å². The zero-order valence-electron chi connectivity index (χ0n) is 22.3. The van der Waals surface area contributed by atoms with Gasteiger partial charge in [-0.15, -0.1) is 0 Å². The summed E-state index contributed by atoms with van der Waals surface area (Å²) in [7, 11) is 0. The van der Waals surface area contributed by atoms with E-state index in [9.17, 15) is 14.4 Å². The lowest BCUT2D eigenvalue weighted by Crippen LogP contribution is -2.54. The topological polar surface area (TPSA) is 66.0 Å². The molecule has 0 radical (unpaired) electrons. The van der Waals surface area contributed by atoms with Gasteiger partial charge in [0, 0.05) is 0 Å². The van der Waals surface area contributed by atoms with Crippen LogP contribution in [0, 0.1) is 0 Å². The van der Waals surface area contributed by atoms with Crippen LogP contribution < -0.4 is 17.1 Å². The summed E-state index contributed by atoms with van der Waals surface area (Å²) in [4.78, 5) is 39.4. The summed E-state index contributed by atoms with van der Waals surface area (Å²) >= 11 is 0. The monoisotopic (exact) mass is 489 g/mol. The fourth-order valence-corrected chi connectivity index (χ4v) is 3.39. The number of benzene rings is 3. The van der Waals surface area contributed by atoms with Crippen LogP contribution in [0.15, 0.2) is 105 Å². The molecule has 6 heteroatoms. The minimum Gasteiger partial charge on any atom is -0.247 e. The van der Waals surface area contributed by atoms with Crippen LogP contribution in [0.25, 0.3) is 0 Å². The molecule has 0 aliphatic rings. The Bertz CT molecular complexity index is 1110. The highest BCUT2D eigenvalue weighted by atomic mass is 16.2. The number of hydrogen-bond donors (Lipinski definition) is 0. The van der Waals surface area contributed by atoms with Gasteiger partial charge in [-0.05, 0) is 16.7 Å². The highest BCUT2D eigenvalue weighted by Gasteiger charge is 2.16. The fraction of sp³-hybridized carbons (Fsp3) is 0.300. The van der Waals surface area contributed by atoms with E-state index >= 15 is 0 Å². The number of aromatic nitrogens is 3. The maximum atomic E-state index is 13.1. The molecular weight excluding hydrogens is 450 g/mol. The van der Waals surface area contributed by atoms with Gasteiger partial charge in [0.25, 0.3) is 0 Å². The quantitative estimate of drug-likeness (QED) is 0.364. The second-order valence-electron chi connectivity index (χ2n) is 7.06. The van der Waals surface area contributed by atoms with Crippen LogP contribution in [0.5, 0.6) is 0 Å². The van der Waals surface area contributed by atoms with Crippen LogP contribution >= 0.6 is 0 Å². The van der Waals surface area contributed by atoms with Gasteiger partial charge in [-0.3, -0.25) is 0 Å². The third kappa shape index (κ3) is 8.08. The highest BCUT2D eigenvalue weighted by Crippen LogP contribution is 2.02. The molecule has 0 aliphatic carbocycles. The first-order chi connectivity index (χ1) is 17.6. The van der Waals surface area contributed by atoms with Crippen molar-refractivity contribution in [2.24, 2.45) is 0 Å². The molecule has 1 aromatic heterocycles. The molecule has 0 bridgehead atoms. The van der Waals surface area contributed by atoms with Crippen LogP contribution in [-0.2, 0) is 19.6 Å². The van der Waals surface area contributed by atoms with Crippen molar-refractivity contribution in [2.75, 3.05) is 0 Å². The maximum absolute atomic E-state index is 13.1. The van der Waals surface area contributed by atoms with E-state index in [1.54, 1.807) is 0 Å². The SMILES string of the molecule is CC.CC.CC.O=c1n(Cc2ccccc2)c(=O)n(Cc2ccccc2)c(=O)n1Cc1ccccc1. The van der Waals surface area contributed by atoms with Gasteiger partial charge in [-0.1, -0.05) is 133 Å². The summed E-state index contributed by atoms with van der Waals surface area (Å²) in [5.74, 6) is 0. The Kier molecular flexibility index (Phi) is 13.9. The molecule has 1 heterocycles. The van der Waals surface area contributed by atoms with Crippen LogP contribution in [-0.4, -0.2) is 13.7 Å². The molecular formula is C30H39N3O3. The lowest BCUT2D eigenvalue weighted by atomic mass is 10.2. The summed E-state index contributed by atoms with van der Waals surface area (Å²) in [6.45, 7) is 12.3. The van der Waals surface area contributed by atoms with Crippen molar-refractivity contribution in [2.45, 2.75) is 61.2 Å². The van der Waals surface area contributed by atoms with Crippen molar-refractivity contribution >= 4 is 0 Å². The van der Waals surface area contributed by atoms with Crippen LogP contribution in [0.4, 0.5) is 0 Å². The average Bonchev–Trinajstić information content (AvgIpc) is 2.96. The van der Waals surface area contributed by atoms with E-state index in [0.29, 0.717) is 0 Å². The van der Waals surface area contributed by atoms with Gasteiger partial charge in [0.05, 0.1) is 19.6 Å². The van der Waals surface area contributed by atoms with Crippen LogP contribution in [0.3, 0.4) is 0 Å². The minimum absolute atomic E-state index is 0.0996. The van der Waals surface area contributed by atoms with Crippen molar-refractivity contribution in [1.82, 2.24) is 13.7 Å². The molecule has 0 fully saturated rings. The standard InChI is InChI=1S/C24H21N3O3.3C2H6/c28-22-25(16-19-10-4-1-5-11-19)23(29)27(18-21-14-8-3-9-15-21)24(30)26(22)17-20-12-6-2-7-13-20;3*1-2/h1-15H,16-18H2;3*1-2H3. The van der Waals surface area contributed by atoms with Crippen molar-refractivity contribution in [3.8, 4) is 0 Å². The van der Waals surface area contributed by atoms with E-state index in [1.807, 2.05) is 133 Å². The molecule has 0 aliphatic heterocycles. The summed E-state index contributed by atoms with van der Waals surface area (Å²) in [5, 5.41) is 0. The predicted molar refractivity (Wildman–Crippen MR) is 150 cm³/mol. The first-order valence-corrected chi connectivity index (χ1v) is 12.7. The van der Waals surface area contributed by atoms with Gasteiger partial charge in [-0.25, -0.2) is 28.1 Å². The first-order valence-electron chi connectivity index (χ1n) is 12.7. The first kappa shape index (κ1) is 30.1. The Morgan fingerprint density at radius 1 is 0.389 bits per heavy atom. The van der Waals surface area contributed by atoms with E-state index < -0.39 is 17.1 Å². The highest BCUT2D eigenvalue weighted by molar-refractivity contribution is 5.17. The molecule has 3 aromatic carbocycles. The number of hydrogen-bond acceptors (Lipinski definition) is 3. The van der Waals surface area contributed by atoms with E-state index in [1.165, 1.54) is 0 Å². The Labute approximate surface area is 214 Å². The zero-order chi connectivity index (χ0) is 26.9. The maximum Gasteiger partial charge on any atom is 0.336 e. The third-order valence-electron chi connectivity index (χ3n) is 4.94. The molecule has 4 rings (SSSR count). The molecule has 4 aromatic rings. The van der Waals surface area contributed by atoms with Crippen LogP contribution in [0.1, 0.15) is 58.2 Å². The summed E-state index contributed by atoms with van der Waals surface area (Å²) in [6, 6.07) is 27.8. The lowest BCUT2D eigenvalue weighted by molar-refractivity contribution is 0.492. The molecule has 192 valence electrons. The second-order valence-corrected chi connectivity index (χ2v) is 7.06. The smallest absolute Gasteiger partial charge is 0.247 e. The number of nitrogens with zero attached hydrogens (tertiary/aromatic N) is 3. The molecule has 0 atom stereocenters. The van der Waals surface area contributed by atoms with Crippen molar-refractivity contribution < 1.29 is 0 Å². The van der Waals surface area contributed by atoms with Gasteiger partial charge < -0.3 is 0 Å². The molecule has 0 spiro atoms. The van der Waals surface area contributed by atoms with Crippen molar-refractivity contribution in [3.05, 3.63) is 139 Å². The largest absolute Gasteiger partial charge is 0.336 e. The fourth-order valence-electron chi connectivity index (χ4n) is 3.39. The van der Waals surface area contributed by atoms with Gasteiger partial charge >= 0.3 is 17.1 Å². The van der Waals surface area contributed by atoms with Crippen LogP contribution in [0.2, 0.25) is 0 Å². The van der Waals surface area contributed by atoms with Gasteiger partial charge in [0.1, 0.15) is 0 Å². The molecule has 36 heavy (non-hydrogen) atoms. The third-order valence-corrected chi connectivity index (χ3v) is 4.94. The van der Waals surface area contributed by atoms with Gasteiger partial charge in [0.2, 0.25) is 0 Å². The van der Waals surface area contributed by atoms with E-state index in [2.05, 4.69) is 0 Å². The minimum atomic E-state index is -0.609. The van der Waals surface area contributed by atoms with Crippen molar-refractivity contribution in [1.29, 1.82) is 0 Å². The number of rotatable bonds is 6. The van der Waals surface area contributed by atoms with Gasteiger partial charge in [0.15, 0.2) is 0 Å². The van der Waals surface area contributed by atoms with E-state index in [-0.39, 0.29) is 19.6 Å². The normalized spacial score (nSPS) is 9.50. The molecule has 0 N–H and O–H groups in total. The predicted octanol–water partition coefficient (Wildman–Crippen LogP) is 5.40. The summed E-state index contributed by atoms with van der Waals surface area (Å²) in [6.07, 6.45) is 0. The van der Waals surface area contributed by atoms with Gasteiger partial charge in [-0.2, -0.15) is 0 Å². The van der Waals surface area contributed by atoms with Crippen molar-refractivity contribution in [3.63, 3.8) is 0 Å². The summed E-state index contributed by atoms with van der Waals surface area (Å²) < 4.78 is 3.38. The Balaban J connectivity index is 0.00000101. The van der Waals surface area contributed by atoms with E-state index in [0.717, 1.165) is 30.4 Å². The second kappa shape index (κ2) is 16.7. The summed E-state index contributed by atoms with van der Waals surface area (Å²) in [5.41, 5.74) is 0.611. The molecule has 6 nitrogen and oxygen atoms in total. The molecule has 0 unspecified atom stereocenters. The molecule has 0 saturated heterocycles. The Morgan fingerprint density at radius 3 is 0.778 bits per heavy atom. The molecule has 0 amide bonds. The Morgan fingerprint density at radius 2 is 0.583 bits per heavy atom. The average molecular weight is 490 g/mol. The molecule has 0 saturated carbocycles. The zero-order valence-corrected chi connectivity index (χ0v) is 22.3.